The van der Waals surface area contributed by atoms with Crippen molar-refractivity contribution in [2.24, 2.45) is 22.9 Å². The highest BCUT2D eigenvalue weighted by atomic mass is 16.7. The highest BCUT2D eigenvalue weighted by Crippen LogP contribution is 2.54. The largest absolute Gasteiger partial charge is 0.389 e. The first-order valence-electron chi connectivity index (χ1n) is 7.83. The number of benzene rings is 1. The Hall–Kier alpha value is -2.72. The molecule has 2 bridgehead atoms. The molecule has 4 aliphatic heterocycles. The van der Waals surface area contributed by atoms with E-state index in [1.807, 2.05) is 12.1 Å². The molecule has 0 aliphatic carbocycles. The summed E-state index contributed by atoms with van der Waals surface area (Å²) >= 11 is 0. The summed E-state index contributed by atoms with van der Waals surface area (Å²) in [4.78, 5) is 31.5. The molecular weight excluding hydrogens is 310 g/mol. The number of oxime groups is 1. The van der Waals surface area contributed by atoms with Crippen LogP contribution in [0.25, 0.3) is 0 Å². The van der Waals surface area contributed by atoms with Crippen LogP contribution in [-0.2, 0) is 19.2 Å². The van der Waals surface area contributed by atoms with Crippen molar-refractivity contribution in [3.63, 3.8) is 0 Å². The first-order valence-corrected chi connectivity index (χ1v) is 7.83. The average Bonchev–Trinajstić information content (AvgIpc) is 3.33. The standard InChI is InChI=1S/C17H13N3O4/c1-20-16(21)9-10(17(20)22)14-15-11(13(9)23-14)12(19-24-15)8-4-2-7(6-18)3-5-8/h2-5,9-11,13-15H,1H3. The maximum atomic E-state index is 12.4. The highest BCUT2D eigenvalue weighted by Gasteiger charge is 2.71. The molecule has 3 saturated heterocycles. The molecule has 120 valence electrons. The third kappa shape index (κ3) is 1.47. The van der Waals surface area contributed by atoms with Crippen molar-refractivity contribution < 1.29 is 19.2 Å². The van der Waals surface area contributed by atoms with E-state index in [0.717, 1.165) is 11.3 Å². The van der Waals surface area contributed by atoms with E-state index in [2.05, 4.69) is 11.2 Å². The van der Waals surface area contributed by atoms with Gasteiger partial charge in [0.2, 0.25) is 11.8 Å². The van der Waals surface area contributed by atoms with Crippen LogP contribution in [0, 0.1) is 29.1 Å². The van der Waals surface area contributed by atoms with Gasteiger partial charge in [-0.25, -0.2) is 0 Å². The van der Waals surface area contributed by atoms with E-state index in [9.17, 15) is 9.59 Å². The Morgan fingerprint density at radius 2 is 1.71 bits per heavy atom. The third-order valence-corrected chi connectivity index (χ3v) is 5.57. The topological polar surface area (TPSA) is 92.0 Å². The summed E-state index contributed by atoms with van der Waals surface area (Å²) in [7, 11) is 1.52. The van der Waals surface area contributed by atoms with Gasteiger partial charge in [-0.15, -0.1) is 0 Å². The van der Waals surface area contributed by atoms with Crippen LogP contribution >= 0.6 is 0 Å². The van der Waals surface area contributed by atoms with Crippen LogP contribution in [0.4, 0.5) is 0 Å². The molecule has 7 heteroatoms. The summed E-state index contributed by atoms with van der Waals surface area (Å²) < 4.78 is 5.97. The van der Waals surface area contributed by atoms with Crippen molar-refractivity contribution in [1.29, 1.82) is 5.26 Å². The highest BCUT2D eigenvalue weighted by molar-refractivity contribution is 6.09. The lowest BCUT2D eigenvalue weighted by atomic mass is 9.71. The Morgan fingerprint density at radius 1 is 1.04 bits per heavy atom. The van der Waals surface area contributed by atoms with Crippen molar-refractivity contribution in [2.45, 2.75) is 18.3 Å². The fraction of sp³-hybridized carbons (Fsp3) is 0.412. The molecule has 0 N–H and O–H groups in total. The molecule has 4 aliphatic rings. The summed E-state index contributed by atoms with van der Waals surface area (Å²) in [6.07, 6.45) is -1.14. The van der Waals surface area contributed by atoms with Crippen molar-refractivity contribution >= 4 is 17.5 Å². The number of fused-ring (bicyclic) bond motifs is 8. The van der Waals surface area contributed by atoms with E-state index in [4.69, 9.17) is 14.8 Å². The van der Waals surface area contributed by atoms with Gasteiger partial charge in [0.1, 0.15) is 6.10 Å². The number of ether oxygens (including phenoxy) is 1. The molecule has 4 heterocycles. The van der Waals surface area contributed by atoms with Crippen LogP contribution < -0.4 is 0 Å². The number of nitriles is 1. The second kappa shape index (κ2) is 4.42. The minimum absolute atomic E-state index is 0.160. The zero-order valence-corrected chi connectivity index (χ0v) is 12.7. The fourth-order valence-electron chi connectivity index (χ4n) is 4.46. The van der Waals surface area contributed by atoms with Crippen LogP contribution in [0.5, 0.6) is 0 Å². The number of imide groups is 1. The number of carbonyl (C=O) groups excluding carboxylic acids is 2. The molecule has 7 nitrogen and oxygen atoms in total. The molecule has 5 rings (SSSR count). The first-order chi connectivity index (χ1) is 11.6. The first kappa shape index (κ1) is 13.7. The summed E-state index contributed by atoms with van der Waals surface area (Å²) in [6.45, 7) is 0. The lowest BCUT2D eigenvalue weighted by molar-refractivity contribution is -0.141. The molecule has 24 heavy (non-hydrogen) atoms. The molecule has 6 atom stereocenters. The molecule has 6 unspecified atom stereocenters. The predicted octanol–water partition coefficient (Wildman–Crippen LogP) is 0.289. The van der Waals surface area contributed by atoms with Gasteiger partial charge in [-0.1, -0.05) is 17.3 Å². The lowest BCUT2D eigenvalue weighted by Crippen LogP contribution is -2.45. The van der Waals surface area contributed by atoms with Gasteiger partial charge >= 0.3 is 0 Å². The Balaban J connectivity index is 1.51. The van der Waals surface area contributed by atoms with Crippen LogP contribution in [0.3, 0.4) is 0 Å². The summed E-state index contributed by atoms with van der Waals surface area (Å²) in [6, 6.07) is 9.16. The summed E-state index contributed by atoms with van der Waals surface area (Å²) in [5.41, 5.74) is 2.14. The molecule has 1 aromatic rings. The van der Waals surface area contributed by atoms with E-state index >= 15 is 0 Å². The molecular formula is C17H13N3O4. The van der Waals surface area contributed by atoms with Crippen LogP contribution in [0.2, 0.25) is 0 Å². The Morgan fingerprint density at radius 3 is 2.38 bits per heavy atom. The van der Waals surface area contributed by atoms with Gasteiger partial charge < -0.3 is 9.57 Å². The van der Waals surface area contributed by atoms with Gasteiger partial charge in [0.15, 0.2) is 6.10 Å². The number of amides is 2. The van der Waals surface area contributed by atoms with E-state index in [1.165, 1.54) is 11.9 Å². The van der Waals surface area contributed by atoms with Gasteiger partial charge in [-0.2, -0.15) is 5.26 Å². The summed E-state index contributed by atoms with van der Waals surface area (Å²) in [5.74, 6) is -1.43. The average molecular weight is 323 g/mol. The molecule has 3 fully saturated rings. The Kier molecular flexibility index (Phi) is 2.52. The number of carbonyl (C=O) groups is 2. The van der Waals surface area contributed by atoms with Gasteiger partial charge in [0, 0.05) is 7.05 Å². The Labute approximate surface area is 137 Å². The number of rotatable bonds is 1. The zero-order valence-electron chi connectivity index (χ0n) is 12.7. The molecule has 0 aromatic heterocycles. The van der Waals surface area contributed by atoms with Gasteiger partial charge in [0.25, 0.3) is 0 Å². The number of hydrogen-bond acceptors (Lipinski definition) is 6. The third-order valence-electron chi connectivity index (χ3n) is 5.57. The van der Waals surface area contributed by atoms with Crippen LogP contribution in [-0.4, -0.2) is 47.8 Å². The maximum Gasteiger partial charge on any atom is 0.235 e. The number of nitrogens with zero attached hydrogens (tertiary/aromatic N) is 3. The van der Waals surface area contributed by atoms with Crippen LogP contribution in [0.15, 0.2) is 29.4 Å². The van der Waals surface area contributed by atoms with Crippen molar-refractivity contribution in [3.05, 3.63) is 35.4 Å². The molecule has 0 spiro atoms. The molecule has 1 aromatic carbocycles. The van der Waals surface area contributed by atoms with Crippen LogP contribution in [0.1, 0.15) is 11.1 Å². The lowest BCUT2D eigenvalue weighted by Gasteiger charge is -2.26. The minimum atomic E-state index is -0.454. The minimum Gasteiger partial charge on any atom is -0.389 e. The zero-order chi connectivity index (χ0) is 16.6. The number of hydrogen-bond donors (Lipinski definition) is 0. The van der Waals surface area contributed by atoms with E-state index < -0.39 is 17.9 Å². The summed E-state index contributed by atoms with van der Waals surface area (Å²) in [5, 5.41) is 13.1. The van der Waals surface area contributed by atoms with E-state index in [1.54, 1.807) is 12.1 Å². The molecule has 0 saturated carbocycles. The van der Waals surface area contributed by atoms with Gasteiger partial charge in [-0.05, 0) is 17.7 Å². The maximum absolute atomic E-state index is 12.4. The molecule has 0 radical (unpaired) electrons. The van der Waals surface area contributed by atoms with E-state index in [0.29, 0.717) is 5.56 Å². The van der Waals surface area contributed by atoms with Crippen molar-refractivity contribution in [2.75, 3.05) is 7.05 Å². The van der Waals surface area contributed by atoms with Crippen molar-refractivity contribution in [1.82, 2.24) is 4.90 Å². The second-order valence-corrected chi connectivity index (χ2v) is 6.61. The van der Waals surface area contributed by atoms with Crippen molar-refractivity contribution in [3.8, 4) is 6.07 Å². The SMILES string of the molecule is CN1C(=O)C2C3OC(C4C(c5ccc(C#N)cc5)=NOC34)C2C1=O. The van der Waals surface area contributed by atoms with Gasteiger partial charge in [0.05, 0.1) is 41.2 Å². The van der Waals surface area contributed by atoms with E-state index in [-0.39, 0.29) is 29.9 Å². The number of likely N-dealkylation sites (tertiary alicyclic amines) is 1. The normalized spacial score (nSPS) is 38.7. The molecule has 2 amide bonds. The quantitative estimate of drug-likeness (QED) is 0.693. The Bertz CT molecular complexity index is 840. The fourth-order valence-corrected chi connectivity index (χ4v) is 4.46. The van der Waals surface area contributed by atoms with Gasteiger partial charge in [-0.3, -0.25) is 14.5 Å². The second-order valence-electron chi connectivity index (χ2n) is 6.61. The smallest absolute Gasteiger partial charge is 0.235 e. The predicted molar refractivity (Wildman–Crippen MR) is 79.5 cm³/mol. The monoisotopic (exact) mass is 323 g/mol.